The van der Waals surface area contributed by atoms with E-state index in [0.717, 1.165) is 24.1 Å². The molecule has 0 heterocycles. The minimum absolute atomic E-state index is 0.122. The van der Waals surface area contributed by atoms with E-state index >= 15 is 0 Å². The van der Waals surface area contributed by atoms with Crippen LogP contribution in [0.5, 0.6) is 0 Å². The Labute approximate surface area is 114 Å². The van der Waals surface area contributed by atoms with Crippen LogP contribution in [0.15, 0.2) is 24.3 Å². The summed E-state index contributed by atoms with van der Waals surface area (Å²) in [6.07, 6.45) is 3.28. The molecule has 104 valence electrons. The van der Waals surface area contributed by atoms with E-state index < -0.39 is 0 Å². The van der Waals surface area contributed by atoms with Crippen molar-refractivity contribution in [2.75, 3.05) is 5.32 Å². The Balaban J connectivity index is 1.84. The molecule has 0 radical (unpaired) electrons. The van der Waals surface area contributed by atoms with Crippen molar-refractivity contribution in [1.82, 2.24) is 5.32 Å². The summed E-state index contributed by atoms with van der Waals surface area (Å²) in [5.74, 6) is 0. The van der Waals surface area contributed by atoms with Gasteiger partial charge in [-0.2, -0.15) is 0 Å². The van der Waals surface area contributed by atoms with Crippen molar-refractivity contribution < 1.29 is 4.79 Å². The molecule has 0 aromatic heterocycles. The van der Waals surface area contributed by atoms with Crippen molar-refractivity contribution in [2.24, 2.45) is 11.1 Å². The highest BCUT2D eigenvalue weighted by Gasteiger charge is 2.31. The molecule has 4 heteroatoms. The predicted octanol–water partition coefficient (Wildman–Crippen LogP) is 2.85. The summed E-state index contributed by atoms with van der Waals surface area (Å²) in [5.41, 5.74) is 7.74. The summed E-state index contributed by atoms with van der Waals surface area (Å²) in [7, 11) is 0. The van der Waals surface area contributed by atoms with Gasteiger partial charge in [0.05, 0.1) is 0 Å². The fraction of sp³-hybridized carbons (Fsp3) is 0.533. The van der Waals surface area contributed by atoms with Gasteiger partial charge in [0.15, 0.2) is 0 Å². The number of carbonyl (C=O) groups excluding carboxylic acids is 1. The molecule has 1 unspecified atom stereocenters. The Morgan fingerprint density at radius 1 is 1.37 bits per heavy atom. The van der Waals surface area contributed by atoms with Gasteiger partial charge in [0, 0.05) is 18.3 Å². The second-order valence-electron chi connectivity index (χ2n) is 6.10. The number of anilines is 1. The number of urea groups is 1. The zero-order valence-corrected chi connectivity index (χ0v) is 11.7. The largest absolute Gasteiger partial charge is 0.335 e. The number of amides is 2. The third kappa shape index (κ3) is 3.96. The highest BCUT2D eigenvalue weighted by atomic mass is 16.2. The summed E-state index contributed by atoms with van der Waals surface area (Å²) in [6.45, 7) is 5.01. The van der Waals surface area contributed by atoms with Gasteiger partial charge in [-0.3, -0.25) is 0 Å². The molecule has 1 aromatic rings. The van der Waals surface area contributed by atoms with E-state index in [0.29, 0.717) is 18.0 Å². The summed E-state index contributed by atoms with van der Waals surface area (Å²) in [4.78, 5) is 11.9. The van der Waals surface area contributed by atoms with Crippen molar-refractivity contribution in [3.8, 4) is 0 Å². The maximum absolute atomic E-state index is 11.9. The first-order valence-corrected chi connectivity index (χ1v) is 6.85. The van der Waals surface area contributed by atoms with Gasteiger partial charge in [-0.05, 0) is 42.4 Å². The Kier molecular flexibility index (Phi) is 4.10. The van der Waals surface area contributed by atoms with Gasteiger partial charge < -0.3 is 16.4 Å². The topological polar surface area (TPSA) is 67.2 Å². The summed E-state index contributed by atoms with van der Waals surface area (Å²) >= 11 is 0. The first-order valence-electron chi connectivity index (χ1n) is 6.85. The number of hydrogen-bond acceptors (Lipinski definition) is 2. The van der Waals surface area contributed by atoms with Crippen molar-refractivity contribution in [1.29, 1.82) is 0 Å². The van der Waals surface area contributed by atoms with E-state index in [9.17, 15) is 4.79 Å². The average molecular weight is 261 g/mol. The van der Waals surface area contributed by atoms with Crippen LogP contribution < -0.4 is 16.4 Å². The number of carbonyl (C=O) groups is 1. The molecule has 1 aliphatic rings. The lowest BCUT2D eigenvalue weighted by Crippen LogP contribution is -2.36. The fourth-order valence-corrected chi connectivity index (χ4v) is 2.64. The van der Waals surface area contributed by atoms with Gasteiger partial charge in [0.2, 0.25) is 0 Å². The number of rotatable bonds is 3. The van der Waals surface area contributed by atoms with Crippen LogP contribution in [0, 0.1) is 5.41 Å². The first-order chi connectivity index (χ1) is 8.98. The summed E-state index contributed by atoms with van der Waals surface area (Å²) in [5, 5.41) is 5.89. The number of benzene rings is 1. The lowest BCUT2D eigenvalue weighted by Gasteiger charge is -2.18. The van der Waals surface area contributed by atoms with E-state index in [-0.39, 0.29) is 6.03 Å². The molecular formula is C15H23N3O. The molecule has 19 heavy (non-hydrogen) atoms. The van der Waals surface area contributed by atoms with Crippen molar-refractivity contribution >= 4 is 11.7 Å². The highest BCUT2D eigenvalue weighted by molar-refractivity contribution is 5.89. The predicted molar refractivity (Wildman–Crippen MR) is 77.9 cm³/mol. The maximum Gasteiger partial charge on any atom is 0.319 e. The Morgan fingerprint density at radius 2 is 2.05 bits per heavy atom. The highest BCUT2D eigenvalue weighted by Crippen LogP contribution is 2.36. The molecule has 2 amide bonds. The minimum Gasteiger partial charge on any atom is -0.335 e. The third-order valence-corrected chi connectivity index (χ3v) is 3.75. The SMILES string of the molecule is CC1(C)CCC(NC(=O)Nc2ccc(CN)cc2)C1. The second kappa shape index (κ2) is 5.61. The van der Waals surface area contributed by atoms with Crippen LogP contribution in [0.4, 0.5) is 10.5 Å². The fourth-order valence-electron chi connectivity index (χ4n) is 2.64. The first kappa shape index (κ1) is 13.9. The third-order valence-electron chi connectivity index (χ3n) is 3.75. The van der Waals surface area contributed by atoms with Crippen LogP contribution in [0.2, 0.25) is 0 Å². The minimum atomic E-state index is -0.122. The quantitative estimate of drug-likeness (QED) is 0.783. The van der Waals surface area contributed by atoms with Crippen LogP contribution in [-0.2, 0) is 6.54 Å². The Bertz CT molecular complexity index is 439. The number of nitrogens with one attached hydrogen (secondary N) is 2. The van der Waals surface area contributed by atoms with E-state index in [2.05, 4.69) is 24.5 Å². The molecule has 1 atom stereocenters. The van der Waals surface area contributed by atoms with Gasteiger partial charge in [-0.25, -0.2) is 4.79 Å². The van der Waals surface area contributed by atoms with Gasteiger partial charge in [-0.1, -0.05) is 26.0 Å². The molecule has 4 N–H and O–H groups in total. The zero-order chi connectivity index (χ0) is 13.9. The second-order valence-corrected chi connectivity index (χ2v) is 6.10. The molecule has 1 fully saturated rings. The molecule has 0 spiro atoms. The van der Waals surface area contributed by atoms with Gasteiger partial charge in [-0.15, -0.1) is 0 Å². The van der Waals surface area contributed by atoms with Gasteiger partial charge in [0.25, 0.3) is 0 Å². The zero-order valence-electron chi connectivity index (χ0n) is 11.7. The van der Waals surface area contributed by atoms with Crippen LogP contribution in [0.1, 0.15) is 38.7 Å². The molecule has 1 aliphatic carbocycles. The summed E-state index contributed by atoms with van der Waals surface area (Å²) < 4.78 is 0. The summed E-state index contributed by atoms with van der Waals surface area (Å²) in [6, 6.07) is 7.77. The normalized spacial score (nSPS) is 21.1. The van der Waals surface area contributed by atoms with Crippen molar-refractivity contribution in [2.45, 2.75) is 45.7 Å². The maximum atomic E-state index is 11.9. The van der Waals surface area contributed by atoms with Crippen molar-refractivity contribution in [3.63, 3.8) is 0 Å². The van der Waals surface area contributed by atoms with Crippen LogP contribution in [0.3, 0.4) is 0 Å². The molecule has 4 nitrogen and oxygen atoms in total. The number of hydrogen-bond donors (Lipinski definition) is 3. The Hall–Kier alpha value is -1.55. The van der Waals surface area contributed by atoms with Crippen molar-refractivity contribution in [3.05, 3.63) is 29.8 Å². The molecule has 0 bridgehead atoms. The molecule has 2 rings (SSSR count). The Morgan fingerprint density at radius 3 is 2.58 bits per heavy atom. The smallest absolute Gasteiger partial charge is 0.319 e. The average Bonchev–Trinajstić information content (AvgIpc) is 2.69. The number of nitrogens with two attached hydrogens (primary N) is 1. The van der Waals surface area contributed by atoms with Crippen LogP contribution >= 0.6 is 0 Å². The van der Waals surface area contributed by atoms with Crippen LogP contribution in [0.25, 0.3) is 0 Å². The molecule has 0 saturated heterocycles. The lowest BCUT2D eigenvalue weighted by molar-refractivity contribution is 0.247. The monoisotopic (exact) mass is 261 g/mol. The van der Waals surface area contributed by atoms with E-state index in [1.54, 1.807) is 0 Å². The van der Waals surface area contributed by atoms with Gasteiger partial charge >= 0.3 is 6.03 Å². The standard InChI is InChI=1S/C15H23N3O/c1-15(2)8-7-13(9-15)18-14(19)17-12-5-3-11(10-16)4-6-12/h3-6,13H,7-10,16H2,1-2H3,(H2,17,18,19). The van der Waals surface area contributed by atoms with E-state index in [4.69, 9.17) is 5.73 Å². The van der Waals surface area contributed by atoms with E-state index in [1.165, 1.54) is 6.42 Å². The molecular weight excluding hydrogens is 238 g/mol. The van der Waals surface area contributed by atoms with Gasteiger partial charge in [0.1, 0.15) is 0 Å². The lowest BCUT2D eigenvalue weighted by atomic mass is 9.92. The molecule has 1 saturated carbocycles. The molecule has 1 aromatic carbocycles. The van der Waals surface area contributed by atoms with Crippen LogP contribution in [-0.4, -0.2) is 12.1 Å². The van der Waals surface area contributed by atoms with E-state index in [1.807, 2.05) is 24.3 Å². The molecule has 0 aliphatic heterocycles.